The molecule has 0 aliphatic heterocycles. The van der Waals surface area contributed by atoms with Crippen LogP contribution in [0, 0.1) is 0 Å². The van der Waals surface area contributed by atoms with E-state index >= 15 is 0 Å². The number of hydrogen-bond acceptors (Lipinski definition) is 3. The summed E-state index contributed by atoms with van der Waals surface area (Å²) in [5.41, 5.74) is 9.21. The minimum atomic E-state index is 0.752. The van der Waals surface area contributed by atoms with Crippen molar-refractivity contribution in [3.8, 4) is 11.3 Å². The first-order valence-electron chi connectivity index (χ1n) is 5.41. The van der Waals surface area contributed by atoms with Gasteiger partial charge in [0.15, 0.2) is 0 Å². The van der Waals surface area contributed by atoms with E-state index in [1.807, 2.05) is 54.6 Å². The van der Waals surface area contributed by atoms with Crippen LogP contribution in [0.2, 0.25) is 0 Å². The molecule has 17 heavy (non-hydrogen) atoms. The number of nitrogens with zero attached hydrogens (tertiary/aromatic N) is 2. The molecule has 1 aromatic heterocycles. The van der Waals surface area contributed by atoms with Crippen molar-refractivity contribution in [2.75, 3.05) is 5.73 Å². The Morgan fingerprint density at radius 1 is 0.824 bits per heavy atom. The van der Waals surface area contributed by atoms with Crippen molar-refractivity contribution in [2.45, 2.75) is 0 Å². The lowest BCUT2D eigenvalue weighted by Crippen LogP contribution is -1.89. The largest absolute Gasteiger partial charge is 0.399 e. The summed E-state index contributed by atoms with van der Waals surface area (Å²) in [7, 11) is 0. The zero-order valence-electron chi connectivity index (χ0n) is 9.17. The second-order valence-corrected chi connectivity index (χ2v) is 3.91. The van der Waals surface area contributed by atoms with Gasteiger partial charge in [-0.1, -0.05) is 30.3 Å². The zero-order valence-corrected chi connectivity index (χ0v) is 9.17. The highest BCUT2D eigenvalue weighted by molar-refractivity contribution is 5.81. The van der Waals surface area contributed by atoms with Gasteiger partial charge in [0.2, 0.25) is 0 Å². The number of nitrogens with two attached hydrogens (primary N) is 1. The van der Waals surface area contributed by atoms with E-state index in [1.165, 1.54) is 0 Å². The van der Waals surface area contributed by atoms with E-state index in [0.717, 1.165) is 27.8 Å². The van der Waals surface area contributed by atoms with Gasteiger partial charge < -0.3 is 5.73 Å². The fourth-order valence-corrected chi connectivity index (χ4v) is 1.78. The molecule has 0 saturated carbocycles. The van der Waals surface area contributed by atoms with E-state index < -0.39 is 0 Å². The molecule has 0 amide bonds. The van der Waals surface area contributed by atoms with Gasteiger partial charge in [-0.2, -0.15) is 0 Å². The molecule has 0 spiro atoms. The fourth-order valence-electron chi connectivity index (χ4n) is 1.78. The summed E-state index contributed by atoms with van der Waals surface area (Å²) in [4.78, 5) is 0. The van der Waals surface area contributed by atoms with Crippen LogP contribution in [0.3, 0.4) is 0 Å². The Kier molecular flexibility index (Phi) is 2.22. The number of rotatable bonds is 1. The van der Waals surface area contributed by atoms with E-state index in [2.05, 4.69) is 10.2 Å². The molecule has 0 aliphatic rings. The van der Waals surface area contributed by atoms with Crippen molar-refractivity contribution in [3.63, 3.8) is 0 Å². The average molecular weight is 221 g/mol. The van der Waals surface area contributed by atoms with Crippen molar-refractivity contribution in [1.82, 2.24) is 10.2 Å². The third-order valence-corrected chi connectivity index (χ3v) is 2.70. The molecule has 82 valence electrons. The molecular formula is C14H11N3. The van der Waals surface area contributed by atoms with Crippen LogP contribution in [0.1, 0.15) is 0 Å². The molecule has 0 radical (unpaired) electrons. The van der Waals surface area contributed by atoms with Gasteiger partial charge in [-0.15, -0.1) is 10.2 Å². The molecule has 2 aromatic carbocycles. The molecule has 1 heterocycles. The molecular weight excluding hydrogens is 210 g/mol. The van der Waals surface area contributed by atoms with E-state index in [0.29, 0.717) is 0 Å². The summed E-state index contributed by atoms with van der Waals surface area (Å²) in [6.45, 7) is 0. The lowest BCUT2D eigenvalue weighted by molar-refractivity contribution is 1.08. The Hall–Kier alpha value is -2.42. The van der Waals surface area contributed by atoms with E-state index in [-0.39, 0.29) is 0 Å². The number of nitrogen functional groups attached to an aromatic ring is 1. The van der Waals surface area contributed by atoms with Gasteiger partial charge >= 0.3 is 0 Å². The van der Waals surface area contributed by atoms with E-state index in [4.69, 9.17) is 5.73 Å². The highest BCUT2D eigenvalue weighted by atomic mass is 15.1. The van der Waals surface area contributed by atoms with E-state index in [1.54, 1.807) is 0 Å². The van der Waals surface area contributed by atoms with E-state index in [9.17, 15) is 0 Å². The summed E-state index contributed by atoms with van der Waals surface area (Å²) in [5, 5.41) is 9.51. The Bertz CT molecular complexity index is 660. The second kappa shape index (κ2) is 3.87. The first-order valence-corrected chi connectivity index (χ1v) is 5.41. The fraction of sp³-hybridized carbons (Fsp3) is 0. The average Bonchev–Trinajstić information content (AvgIpc) is 2.39. The quantitative estimate of drug-likeness (QED) is 0.643. The molecule has 0 bridgehead atoms. The van der Waals surface area contributed by atoms with Crippen LogP contribution in [0.5, 0.6) is 0 Å². The zero-order chi connectivity index (χ0) is 11.7. The predicted molar refractivity (Wildman–Crippen MR) is 69.4 cm³/mol. The molecule has 0 fully saturated rings. The molecule has 2 N–H and O–H groups in total. The first-order chi connectivity index (χ1) is 8.33. The lowest BCUT2D eigenvalue weighted by atomic mass is 10.1. The molecule has 3 nitrogen and oxygen atoms in total. The van der Waals surface area contributed by atoms with Gasteiger partial charge in [-0.3, -0.25) is 0 Å². The van der Waals surface area contributed by atoms with Crippen LogP contribution in [0.25, 0.3) is 22.2 Å². The normalized spacial score (nSPS) is 10.6. The van der Waals surface area contributed by atoms with Crippen molar-refractivity contribution in [2.24, 2.45) is 0 Å². The molecule has 0 aliphatic carbocycles. The SMILES string of the molecule is Nc1ccc(-c2cc3ccccc3nn2)cc1. The molecule has 3 rings (SSSR count). The molecule has 0 atom stereocenters. The van der Waals surface area contributed by atoms with Crippen LogP contribution >= 0.6 is 0 Å². The second-order valence-electron chi connectivity index (χ2n) is 3.91. The Morgan fingerprint density at radius 2 is 1.59 bits per heavy atom. The molecule has 0 unspecified atom stereocenters. The Labute approximate surface area is 98.9 Å². The van der Waals surface area contributed by atoms with Crippen LogP contribution in [0.15, 0.2) is 54.6 Å². The smallest absolute Gasteiger partial charge is 0.0936 e. The third kappa shape index (κ3) is 1.83. The topological polar surface area (TPSA) is 51.8 Å². The maximum atomic E-state index is 5.66. The first kappa shape index (κ1) is 9.78. The number of anilines is 1. The van der Waals surface area contributed by atoms with Gasteiger partial charge in [0.1, 0.15) is 0 Å². The Morgan fingerprint density at radius 3 is 2.41 bits per heavy atom. The minimum Gasteiger partial charge on any atom is -0.399 e. The lowest BCUT2D eigenvalue weighted by Gasteiger charge is -2.02. The number of benzene rings is 2. The predicted octanol–water partition coefficient (Wildman–Crippen LogP) is 2.88. The van der Waals surface area contributed by atoms with Crippen molar-refractivity contribution >= 4 is 16.6 Å². The van der Waals surface area contributed by atoms with Crippen molar-refractivity contribution in [3.05, 3.63) is 54.6 Å². The third-order valence-electron chi connectivity index (χ3n) is 2.70. The highest BCUT2D eigenvalue weighted by Crippen LogP contribution is 2.21. The molecule has 0 saturated heterocycles. The van der Waals surface area contributed by atoms with Gasteiger partial charge in [0.25, 0.3) is 0 Å². The summed E-state index contributed by atoms with van der Waals surface area (Å²) in [6.07, 6.45) is 0. The monoisotopic (exact) mass is 221 g/mol. The number of fused-ring (bicyclic) bond motifs is 1. The van der Waals surface area contributed by atoms with Crippen molar-refractivity contribution in [1.29, 1.82) is 0 Å². The Balaban J connectivity index is 2.14. The van der Waals surface area contributed by atoms with Gasteiger partial charge in [-0.05, 0) is 24.3 Å². The van der Waals surface area contributed by atoms with Crippen molar-refractivity contribution < 1.29 is 0 Å². The summed E-state index contributed by atoms with van der Waals surface area (Å²) in [5.74, 6) is 0. The van der Waals surface area contributed by atoms with Crippen LogP contribution in [-0.4, -0.2) is 10.2 Å². The summed E-state index contributed by atoms with van der Waals surface area (Å²) < 4.78 is 0. The number of hydrogen-bond donors (Lipinski definition) is 1. The molecule has 3 heteroatoms. The van der Waals surface area contributed by atoms with Crippen LogP contribution < -0.4 is 5.73 Å². The van der Waals surface area contributed by atoms with Crippen LogP contribution in [0.4, 0.5) is 5.69 Å². The maximum absolute atomic E-state index is 5.66. The van der Waals surface area contributed by atoms with Gasteiger partial charge in [-0.25, -0.2) is 0 Å². The van der Waals surface area contributed by atoms with Gasteiger partial charge in [0.05, 0.1) is 11.2 Å². The summed E-state index contributed by atoms with van der Waals surface area (Å²) >= 11 is 0. The standard InChI is InChI=1S/C14H11N3/c15-12-7-5-10(6-8-12)14-9-11-3-1-2-4-13(11)16-17-14/h1-9H,15H2. The molecule has 3 aromatic rings. The maximum Gasteiger partial charge on any atom is 0.0936 e. The minimum absolute atomic E-state index is 0.752. The van der Waals surface area contributed by atoms with Crippen LogP contribution in [-0.2, 0) is 0 Å². The highest BCUT2D eigenvalue weighted by Gasteiger charge is 2.01. The summed E-state index contributed by atoms with van der Waals surface area (Å²) in [6, 6.07) is 17.6. The number of aromatic nitrogens is 2. The van der Waals surface area contributed by atoms with Gasteiger partial charge in [0, 0.05) is 16.6 Å².